The fraction of sp³-hybridized carbons (Fsp3) is 0.200. The van der Waals surface area contributed by atoms with Crippen molar-refractivity contribution < 1.29 is 13.9 Å². The first-order valence-electron chi connectivity index (χ1n) is 6.59. The predicted molar refractivity (Wildman–Crippen MR) is 80.3 cm³/mol. The Hall–Kier alpha value is -2.21. The van der Waals surface area contributed by atoms with Crippen LogP contribution in [0.1, 0.15) is 23.0 Å². The number of aromatic amines is 1. The highest BCUT2D eigenvalue weighted by atomic mass is 32.2. The van der Waals surface area contributed by atoms with Gasteiger partial charge in [0.1, 0.15) is 11.3 Å². The van der Waals surface area contributed by atoms with Crippen LogP contribution in [0.2, 0.25) is 0 Å². The van der Waals surface area contributed by atoms with Crippen LogP contribution in [0.25, 0.3) is 11.0 Å². The number of furan rings is 1. The van der Waals surface area contributed by atoms with Crippen LogP contribution in [0, 0.1) is 0 Å². The lowest BCUT2D eigenvalue weighted by molar-refractivity contribution is 0.0524. The van der Waals surface area contributed by atoms with Crippen molar-refractivity contribution in [2.24, 2.45) is 0 Å². The number of hydrogen-bond donors (Lipinski definition) is 1. The molecule has 1 aromatic carbocycles. The lowest BCUT2D eigenvalue weighted by Gasteiger charge is -2.01. The number of carbonyl (C=O) groups excluding carboxylic acids is 1. The minimum absolute atomic E-state index is 0.347. The van der Waals surface area contributed by atoms with Gasteiger partial charge in [-0.15, -0.1) is 0 Å². The molecule has 0 bridgehead atoms. The normalized spacial score (nSPS) is 10.9. The number of para-hydroxylation sites is 2. The van der Waals surface area contributed by atoms with Crippen LogP contribution in [0.3, 0.4) is 0 Å². The van der Waals surface area contributed by atoms with Crippen molar-refractivity contribution in [1.82, 2.24) is 9.97 Å². The minimum Gasteiger partial charge on any atom is -0.468 e. The molecule has 108 valence electrons. The van der Waals surface area contributed by atoms with Crippen LogP contribution in [0.15, 0.2) is 46.2 Å². The van der Waals surface area contributed by atoms with E-state index in [-0.39, 0.29) is 5.97 Å². The van der Waals surface area contributed by atoms with E-state index >= 15 is 0 Å². The van der Waals surface area contributed by atoms with Gasteiger partial charge in [0.2, 0.25) is 0 Å². The van der Waals surface area contributed by atoms with Gasteiger partial charge in [-0.2, -0.15) is 0 Å². The number of ether oxygens (including phenoxy) is 1. The number of benzene rings is 1. The van der Waals surface area contributed by atoms with Gasteiger partial charge in [-0.3, -0.25) is 0 Å². The third kappa shape index (κ3) is 2.95. The molecule has 1 N–H and O–H groups in total. The number of rotatable bonds is 5. The van der Waals surface area contributed by atoms with Crippen LogP contribution in [0.5, 0.6) is 0 Å². The minimum atomic E-state index is -0.355. The Balaban J connectivity index is 1.73. The number of nitrogens with one attached hydrogen (secondary N) is 1. The number of thioether (sulfide) groups is 1. The standard InChI is InChI=1S/C15H14N2O3S/c1-2-19-14(18)10-7-8-20-13(10)9-21-15-16-11-5-3-4-6-12(11)17-15/h3-8H,2,9H2,1H3,(H,16,17). The van der Waals surface area contributed by atoms with Crippen LogP contribution in [0.4, 0.5) is 0 Å². The summed E-state index contributed by atoms with van der Waals surface area (Å²) in [4.78, 5) is 19.5. The quantitative estimate of drug-likeness (QED) is 0.576. The molecule has 0 aliphatic heterocycles. The van der Waals surface area contributed by atoms with Gasteiger partial charge in [-0.1, -0.05) is 23.9 Å². The van der Waals surface area contributed by atoms with Gasteiger partial charge in [0.25, 0.3) is 0 Å². The van der Waals surface area contributed by atoms with Crippen molar-refractivity contribution in [2.75, 3.05) is 6.61 Å². The predicted octanol–water partition coefficient (Wildman–Crippen LogP) is 3.62. The third-order valence-electron chi connectivity index (χ3n) is 2.95. The highest BCUT2D eigenvalue weighted by Gasteiger charge is 2.16. The average Bonchev–Trinajstić information content (AvgIpc) is 3.11. The zero-order chi connectivity index (χ0) is 14.7. The number of carbonyl (C=O) groups is 1. The molecule has 2 heterocycles. The summed E-state index contributed by atoms with van der Waals surface area (Å²) >= 11 is 1.49. The molecule has 0 aliphatic carbocycles. The number of hydrogen-bond acceptors (Lipinski definition) is 5. The average molecular weight is 302 g/mol. The SMILES string of the molecule is CCOC(=O)c1ccoc1CSc1nc2ccccc2[nH]1. The largest absolute Gasteiger partial charge is 0.468 e. The monoisotopic (exact) mass is 302 g/mol. The van der Waals surface area contributed by atoms with E-state index in [1.165, 1.54) is 18.0 Å². The molecule has 0 atom stereocenters. The Morgan fingerprint density at radius 2 is 2.24 bits per heavy atom. The first-order valence-corrected chi connectivity index (χ1v) is 7.57. The molecule has 0 spiro atoms. The van der Waals surface area contributed by atoms with Gasteiger partial charge < -0.3 is 14.1 Å². The molecule has 3 rings (SSSR count). The zero-order valence-corrected chi connectivity index (χ0v) is 12.3. The molecule has 0 fully saturated rings. The van der Waals surface area contributed by atoms with E-state index in [1.807, 2.05) is 24.3 Å². The van der Waals surface area contributed by atoms with Gasteiger partial charge in [0.05, 0.1) is 29.7 Å². The highest BCUT2D eigenvalue weighted by molar-refractivity contribution is 7.98. The van der Waals surface area contributed by atoms with Gasteiger partial charge in [-0.05, 0) is 25.1 Å². The smallest absolute Gasteiger partial charge is 0.341 e. The Kier molecular flexibility index (Phi) is 3.96. The molecule has 2 aromatic heterocycles. The highest BCUT2D eigenvalue weighted by Crippen LogP contribution is 2.25. The summed E-state index contributed by atoms with van der Waals surface area (Å²) in [6.45, 7) is 2.13. The lowest BCUT2D eigenvalue weighted by Crippen LogP contribution is -2.05. The van der Waals surface area contributed by atoms with Crippen molar-refractivity contribution in [3.63, 3.8) is 0 Å². The Morgan fingerprint density at radius 3 is 3.05 bits per heavy atom. The Labute approximate surface area is 125 Å². The fourth-order valence-electron chi connectivity index (χ4n) is 1.97. The molecule has 0 amide bonds. The van der Waals surface area contributed by atoms with Crippen molar-refractivity contribution in [3.8, 4) is 0 Å². The maximum atomic E-state index is 11.8. The third-order valence-corrected chi connectivity index (χ3v) is 3.82. The van der Waals surface area contributed by atoms with E-state index < -0.39 is 0 Å². The van der Waals surface area contributed by atoms with E-state index in [2.05, 4.69) is 9.97 Å². The molecule has 0 saturated carbocycles. The molecule has 21 heavy (non-hydrogen) atoms. The fourth-order valence-corrected chi connectivity index (χ4v) is 2.81. The lowest BCUT2D eigenvalue weighted by atomic mass is 10.3. The van der Waals surface area contributed by atoms with Crippen molar-refractivity contribution in [1.29, 1.82) is 0 Å². The van der Waals surface area contributed by atoms with E-state index in [0.29, 0.717) is 23.7 Å². The maximum absolute atomic E-state index is 11.8. The number of aromatic nitrogens is 2. The van der Waals surface area contributed by atoms with Crippen LogP contribution < -0.4 is 0 Å². The summed E-state index contributed by atoms with van der Waals surface area (Å²) in [5.41, 5.74) is 2.38. The topological polar surface area (TPSA) is 68.1 Å². The zero-order valence-electron chi connectivity index (χ0n) is 11.5. The van der Waals surface area contributed by atoms with Crippen LogP contribution >= 0.6 is 11.8 Å². The molecule has 3 aromatic rings. The molecular formula is C15H14N2O3S. The van der Waals surface area contributed by atoms with Crippen LogP contribution in [-0.2, 0) is 10.5 Å². The molecule has 0 unspecified atom stereocenters. The summed E-state index contributed by atoms with van der Waals surface area (Å²) < 4.78 is 10.4. The van der Waals surface area contributed by atoms with Crippen molar-refractivity contribution >= 4 is 28.8 Å². The summed E-state index contributed by atoms with van der Waals surface area (Å²) in [6, 6.07) is 9.46. The summed E-state index contributed by atoms with van der Waals surface area (Å²) in [5.74, 6) is 0.756. The summed E-state index contributed by atoms with van der Waals surface area (Å²) in [7, 11) is 0. The second kappa shape index (κ2) is 6.05. The number of imidazole rings is 1. The van der Waals surface area contributed by atoms with Gasteiger partial charge in [0, 0.05) is 0 Å². The van der Waals surface area contributed by atoms with Crippen LogP contribution in [-0.4, -0.2) is 22.5 Å². The second-order valence-electron chi connectivity index (χ2n) is 4.33. The number of fused-ring (bicyclic) bond motifs is 1. The molecule has 0 aliphatic rings. The molecule has 6 heteroatoms. The Morgan fingerprint density at radius 1 is 1.38 bits per heavy atom. The Bertz CT molecular complexity index is 730. The molecular weight excluding hydrogens is 288 g/mol. The van der Waals surface area contributed by atoms with E-state index in [9.17, 15) is 4.79 Å². The van der Waals surface area contributed by atoms with Gasteiger partial charge >= 0.3 is 5.97 Å². The molecule has 0 saturated heterocycles. The number of nitrogens with zero attached hydrogens (tertiary/aromatic N) is 1. The summed E-state index contributed by atoms with van der Waals surface area (Å²) in [6.07, 6.45) is 1.50. The molecule has 0 radical (unpaired) electrons. The number of esters is 1. The van der Waals surface area contributed by atoms with Crippen molar-refractivity contribution in [3.05, 3.63) is 47.9 Å². The van der Waals surface area contributed by atoms with E-state index in [1.54, 1.807) is 13.0 Å². The van der Waals surface area contributed by atoms with E-state index in [4.69, 9.17) is 9.15 Å². The molecule has 5 nitrogen and oxygen atoms in total. The first kappa shape index (κ1) is 13.8. The van der Waals surface area contributed by atoms with Gasteiger partial charge in [0.15, 0.2) is 5.16 Å². The second-order valence-corrected chi connectivity index (χ2v) is 5.29. The van der Waals surface area contributed by atoms with Crippen molar-refractivity contribution in [2.45, 2.75) is 17.8 Å². The first-order chi connectivity index (χ1) is 10.3. The van der Waals surface area contributed by atoms with Gasteiger partial charge in [-0.25, -0.2) is 9.78 Å². The van der Waals surface area contributed by atoms with E-state index in [0.717, 1.165) is 16.2 Å². The number of H-pyrrole nitrogens is 1. The maximum Gasteiger partial charge on any atom is 0.341 e. The summed E-state index contributed by atoms with van der Waals surface area (Å²) in [5, 5.41) is 0.794.